The van der Waals surface area contributed by atoms with Crippen molar-refractivity contribution in [1.82, 2.24) is 0 Å². The van der Waals surface area contributed by atoms with E-state index in [1.54, 1.807) is 13.0 Å². The lowest BCUT2D eigenvalue weighted by Gasteiger charge is -2.14. The van der Waals surface area contributed by atoms with E-state index in [4.69, 9.17) is 9.47 Å². The van der Waals surface area contributed by atoms with Gasteiger partial charge >= 0.3 is 0 Å². The third kappa shape index (κ3) is 2.65. The van der Waals surface area contributed by atoms with Crippen LogP contribution in [0.1, 0.15) is 12.5 Å². The van der Waals surface area contributed by atoms with E-state index in [0.717, 1.165) is 0 Å². The highest BCUT2D eigenvalue weighted by molar-refractivity contribution is 9.10. The van der Waals surface area contributed by atoms with Crippen molar-refractivity contribution in [2.24, 2.45) is 0 Å². The normalized spacial score (nSPS) is 12.4. The quantitative estimate of drug-likeness (QED) is 0.927. The first-order valence-electron chi connectivity index (χ1n) is 4.78. The first-order valence-corrected chi connectivity index (χ1v) is 5.57. The largest absolute Gasteiger partial charge is 0.493 e. The minimum absolute atomic E-state index is 0.103. The molecular formula is C11H14BrFO3. The molecule has 0 saturated carbocycles. The predicted octanol–water partition coefficient (Wildman–Crippen LogP) is 2.53. The Morgan fingerprint density at radius 2 is 1.94 bits per heavy atom. The number of halogens is 2. The summed E-state index contributed by atoms with van der Waals surface area (Å²) in [6, 6.07) is 1.69. The van der Waals surface area contributed by atoms with Crippen molar-refractivity contribution in [3.8, 4) is 11.5 Å². The van der Waals surface area contributed by atoms with E-state index in [2.05, 4.69) is 15.9 Å². The molecule has 1 rings (SSSR count). The molecular weight excluding hydrogens is 279 g/mol. The molecule has 0 aliphatic heterocycles. The van der Waals surface area contributed by atoms with Crippen molar-refractivity contribution >= 4 is 15.9 Å². The van der Waals surface area contributed by atoms with Crippen molar-refractivity contribution in [2.75, 3.05) is 14.2 Å². The van der Waals surface area contributed by atoms with Crippen LogP contribution in [-0.4, -0.2) is 25.4 Å². The number of hydrogen-bond acceptors (Lipinski definition) is 3. The highest BCUT2D eigenvalue weighted by atomic mass is 79.9. The minimum Gasteiger partial charge on any atom is -0.493 e. The first kappa shape index (κ1) is 13.3. The van der Waals surface area contributed by atoms with Crippen LogP contribution in [0.5, 0.6) is 11.5 Å². The van der Waals surface area contributed by atoms with Crippen LogP contribution < -0.4 is 9.47 Å². The van der Waals surface area contributed by atoms with Crippen molar-refractivity contribution in [3.63, 3.8) is 0 Å². The molecule has 1 aromatic carbocycles. The Kier molecular flexibility index (Phi) is 4.56. The van der Waals surface area contributed by atoms with Gasteiger partial charge in [0.2, 0.25) is 5.82 Å². The molecule has 0 amide bonds. The number of benzene rings is 1. The Morgan fingerprint density at radius 1 is 1.38 bits per heavy atom. The van der Waals surface area contributed by atoms with Crippen molar-refractivity contribution in [2.45, 2.75) is 19.4 Å². The predicted molar refractivity (Wildman–Crippen MR) is 62.6 cm³/mol. The molecule has 0 aromatic heterocycles. The summed E-state index contributed by atoms with van der Waals surface area (Å²) in [6.45, 7) is 1.63. The lowest BCUT2D eigenvalue weighted by Crippen LogP contribution is -2.07. The topological polar surface area (TPSA) is 38.7 Å². The maximum absolute atomic E-state index is 13.9. The number of aliphatic hydroxyl groups is 1. The molecule has 3 nitrogen and oxygen atoms in total. The Balaban J connectivity index is 3.29. The Labute approximate surface area is 102 Å². The molecule has 1 aromatic rings. The second-order valence-electron chi connectivity index (χ2n) is 3.45. The Bertz CT molecular complexity index is 380. The lowest BCUT2D eigenvalue weighted by molar-refractivity contribution is 0.193. The second kappa shape index (κ2) is 5.50. The van der Waals surface area contributed by atoms with Crippen LogP contribution in [0.3, 0.4) is 0 Å². The average Bonchev–Trinajstić information content (AvgIpc) is 2.17. The second-order valence-corrected chi connectivity index (χ2v) is 4.31. The zero-order valence-electron chi connectivity index (χ0n) is 9.38. The number of methoxy groups -OCH3 is 2. The van der Waals surface area contributed by atoms with Gasteiger partial charge in [0.25, 0.3) is 0 Å². The molecule has 0 aliphatic rings. The molecule has 16 heavy (non-hydrogen) atoms. The Hall–Kier alpha value is -0.810. The average molecular weight is 293 g/mol. The zero-order chi connectivity index (χ0) is 12.3. The fraction of sp³-hybridized carbons (Fsp3) is 0.455. The summed E-state index contributed by atoms with van der Waals surface area (Å²) < 4.78 is 24.3. The van der Waals surface area contributed by atoms with Crippen LogP contribution in [0.4, 0.5) is 4.39 Å². The fourth-order valence-electron chi connectivity index (χ4n) is 1.51. The van der Waals surface area contributed by atoms with Gasteiger partial charge in [0.1, 0.15) is 0 Å². The van der Waals surface area contributed by atoms with Crippen LogP contribution in [0.25, 0.3) is 0 Å². The van der Waals surface area contributed by atoms with Gasteiger partial charge in [-0.3, -0.25) is 0 Å². The SMILES string of the molecule is COc1c(Br)cc(CC(C)O)c(OC)c1F. The minimum atomic E-state index is -0.561. The summed E-state index contributed by atoms with van der Waals surface area (Å²) >= 11 is 3.21. The molecule has 1 N–H and O–H groups in total. The summed E-state index contributed by atoms with van der Waals surface area (Å²) in [5.74, 6) is -0.345. The molecule has 0 radical (unpaired) electrons. The molecule has 0 bridgehead atoms. The molecule has 0 fully saturated rings. The van der Waals surface area contributed by atoms with Crippen LogP contribution in [0.15, 0.2) is 10.5 Å². The van der Waals surface area contributed by atoms with E-state index in [-0.39, 0.29) is 11.5 Å². The molecule has 5 heteroatoms. The van der Waals surface area contributed by atoms with Gasteiger partial charge in [-0.2, -0.15) is 4.39 Å². The van der Waals surface area contributed by atoms with Crippen LogP contribution in [0.2, 0.25) is 0 Å². The van der Waals surface area contributed by atoms with E-state index in [0.29, 0.717) is 16.5 Å². The number of hydrogen-bond donors (Lipinski definition) is 1. The van der Waals surface area contributed by atoms with Gasteiger partial charge in [-0.1, -0.05) is 0 Å². The first-order chi connectivity index (χ1) is 7.51. The number of rotatable bonds is 4. The third-order valence-corrected chi connectivity index (χ3v) is 2.72. The van der Waals surface area contributed by atoms with Crippen molar-refractivity contribution < 1.29 is 19.0 Å². The highest BCUT2D eigenvalue weighted by Gasteiger charge is 2.19. The fourth-order valence-corrected chi connectivity index (χ4v) is 2.12. The van der Waals surface area contributed by atoms with Crippen LogP contribution in [-0.2, 0) is 6.42 Å². The zero-order valence-corrected chi connectivity index (χ0v) is 11.0. The van der Waals surface area contributed by atoms with Crippen molar-refractivity contribution in [1.29, 1.82) is 0 Å². The van der Waals surface area contributed by atoms with E-state index >= 15 is 0 Å². The molecule has 0 saturated heterocycles. The number of ether oxygens (including phenoxy) is 2. The van der Waals surface area contributed by atoms with E-state index in [9.17, 15) is 9.50 Å². The third-order valence-electron chi connectivity index (χ3n) is 2.13. The summed E-state index contributed by atoms with van der Waals surface area (Å²) in [6.07, 6.45) is -0.239. The smallest absolute Gasteiger partial charge is 0.208 e. The standard InChI is InChI=1S/C11H14BrFO3/c1-6(14)4-7-5-8(12)11(16-3)9(13)10(7)15-2/h5-6,14H,4H2,1-3H3. The van der Waals surface area contributed by atoms with Gasteiger partial charge in [-0.15, -0.1) is 0 Å². The van der Waals surface area contributed by atoms with E-state index in [1.807, 2.05) is 0 Å². The number of aliphatic hydroxyl groups excluding tert-OH is 1. The van der Waals surface area contributed by atoms with E-state index in [1.165, 1.54) is 14.2 Å². The molecule has 0 heterocycles. The molecule has 1 unspecified atom stereocenters. The van der Waals surface area contributed by atoms with Crippen molar-refractivity contribution in [3.05, 3.63) is 21.9 Å². The monoisotopic (exact) mass is 292 g/mol. The van der Waals surface area contributed by atoms with Gasteiger partial charge in [0.05, 0.1) is 24.8 Å². The van der Waals surface area contributed by atoms with Gasteiger partial charge in [0.15, 0.2) is 11.5 Å². The molecule has 0 aliphatic carbocycles. The maximum Gasteiger partial charge on any atom is 0.208 e. The van der Waals surface area contributed by atoms with Gasteiger partial charge < -0.3 is 14.6 Å². The molecule has 90 valence electrons. The maximum atomic E-state index is 13.9. The summed E-state index contributed by atoms with van der Waals surface area (Å²) in [5.41, 5.74) is 0.600. The highest BCUT2D eigenvalue weighted by Crippen LogP contribution is 2.37. The summed E-state index contributed by atoms with van der Waals surface area (Å²) in [5, 5.41) is 9.31. The van der Waals surface area contributed by atoms with Gasteiger partial charge in [-0.25, -0.2) is 0 Å². The van der Waals surface area contributed by atoms with Gasteiger partial charge in [0, 0.05) is 12.0 Å². The molecule has 1 atom stereocenters. The summed E-state index contributed by atoms with van der Waals surface area (Å²) in [7, 11) is 2.77. The lowest BCUT2D eigenvalue weighted by atomic mass is 10.1. The van der Waals surface area contributed by atoms with Crippen LogP contribution >= 0.6 is 15.9 Å². The molecule has 0 spiro atoms. The Morgan fingerprint density at radius 3 is 2.38 bits per heavy atom. The van der Waals surface area contributed by atoms with Crippen LogP contribution in [0, 0.1) is 5.82 Å². The summed E-state index contributed by atoms with van der Waals surface area (Å²) in [4.78, 5) is 0. The van der Waals surface area contributed by atoms with E-state index < -0.39 is 11.9 Å². The van der Waals surface area contributed by atoms with Gasteiger partial charge in [-0.05, 0) is 28.9 Å².